The molecule has 2 aromatic rings. The van der Waals surface area contributed by atoms with E-state index in [2.05, 4.69) is 4.74 Å². The van der Waals surface area contributed by atoms with Crippen LogP contribution in [0.3, 0.4) is 0 Å². The van der Waals surface area contributed by atoms with Gasteiger partial charge >= 0.3 is 12.3 Å². The first kappa shape index (κ1) is 18.6. The van der Waals surface area contributed by atoms with Crippen molar-refractivity contribution < 1.29 is 36.9 Å². The maximum Gasteiger partial charge on any atom is 0.573 e. The zero-order valence-electron chi connectivity index (χ0n) is 13.1. The minimum atomic E-state index is -4.88. The van der Waals surface area contributed by atoms with Crippen molar-refractivity contribution >= 4 is 5.97 Å². The monoisotopic (exact) mass is 358 g/mol. The summed E-state index contributed by atoms with van der Waals surface area (Å²) in [6.45, 7) is 0. The topological polar surface area (TPSA) is 55.8 Å². The smallest absolute Gasteiger partial charge is 0.496 e. The van der Waals surface area contributed by atoms with E-state index in [0.717, 1.165) is 24.3 Å². The Morgan fingerprint density at radius 3 is 2.44 bits per heavy atom. The normalized spacial score (nSPS) is 11.2. The van der Waals surface area contributed by atoms with E-state index in [1.807, 2.05) is 0 Å². The highest BCUT2D eigenvalue weighted by atomic mass is 19.4. The first-order chi connectivity index (χ1) is 11.7. The summed E-state index contributed by atoms with van der Waals surface area (Å²) < 4.78 is 60.0. The zero-order chi connectivity index (χ0) is 18.6. The van der Waals surface area contributed by atoms with Crippen LogP contribution in [-0.4, -0.2) is 24.5 Å². The van der Waals surface area contributed by atoms with Crippen LogP contribution >= 0.6 is 0 Å². The predicted octanol–water partition coefficient (Wildman–Crippen LogP) is 4.42. The fourth-order valence-corrected chi connectivity index (χ4v) is 2.35. The summed E-state index contributed by atoms with van der Waals surface area (Å²) in [5, 5.41) is 8.82. The van der Waals surface area contributed by atoms with Gasteiger partial charge in [0, 0.05) is 12.0 Å². The van der Waals surface area contributed by atoms with E-state index in [-0.39, 0.29) is 29.7 Å². The molecule has 0 amide bonds. The number of ether oxygens (including phenoxy) is 2. The van der Waals surface area contributed by atoms with Crippen molar-refractivity contribution in [1.82, 2.24) is 0 Å². The second kappa shape index (κ2) is 7.42. The van der Waals surface area contributed by atoms with E-state index in [4.69, 9.17) is 9.84 Å². The van der Waals surface area contributed by atoms with Crippen molar-refractivity contribution in [3.63, 3.8) is 0 Å². The molecule has 0 radical (unpaired) electrons. The summed E-state index contributed by atoms with van der Waals surface area (Å²) in [6, 6.07) is 7.08. The number of hydrogen-bond donors (Lipinski definition) is 1. The van der Waals surface area contributed by atoms with Crippen molar-refractivity contribution in [1.29, 1.82) is 0 Å². The molecule has 0 fully saturated rings. The fraction of sp³-hybridized carbons (Fsp3) is 0.235. The molecule has 0 atom stereocenters. The van der Waals surface area contributed by atoms with Crippen LogP contribution in [0.15, 0.2) is 36.4 Å². The van der Waals surface area contributed by atoms with Crippen LogP contribution in [-0.2, 0) is 11.2 Å². The number of aryl methyl sites for hydroxylation is 1. The molecule has 0 aliphatic heterocycles. The molecule has 0 saturated carbocycles. The molecule has 25 heavy (non-hydrogen) atoms. The lowest BCUT2D eigenvalue weighted by atomic mass is 9.95. The molecule has 0 aromatic heterocycles. The number of methoxy groups -OCH3 is 1. The average Bonchev–Trinajstić information content (AvgIpc) is 2.52. The summed E-state index contributed by atoms with van der Waals surface area (Å²) >= 11 is 0. The third-order valence-electron chi connectivity index (χ3n) is 3.37. The van der Waals surface area contributed by atoms with Gasteiger partial charge in [0.2, 0.25) is 0 Å². The Hall–Kier alpha value is -2.77. The standard InChI is InChI=1S/C17H14F4O4/c1-24-15-6-5-12(25-17(19,20)21)9-14(15)13-8-11(18)4-2-10(13)3-7-16(22)23/h2,4-6,8-9H,3,7H2,1H3,(H,22,23). The quantitative estimate of drug-likeness (QED) is 0.777. The predicted molar refractivity (Wildman–Crippen MR) is 81.0 cm³/mol. The zero-order valence-corrected chi connectivity index (χ0v) is 13.1. The average molecular weight is 358 g/mol. The summed E-state index contributed by atoms with van der Waals surface area (Å²) in [6.07, 6.45) is -5.00. The third kappa shape index (κ3) is 5.10. The Kier molecular flexibility index (Phi) is 5.51. The number of carboxylic acids is 1. The molecular formula is C17H14F4O4. The Morgan fingerprint density at radius 2 is 1.84 bits per heavy atom. The van der Waals surface area contributed by atoms with E-state index in [1.54, 1.807) is 0 Å². The van der Waals surface area contributed by atoms with Crippen LogP contribution in [0.2, 0.25) is 0 Å². The molecular weight excluding hydrogens is 344 g/mol. The molecule has 2 rings (SSSR count). The van der Waals surface area contributed by atoms with E-state index < -0.39 is 23.9 Å². The summed E-state index contributed by atoms with van der Waals surface area (Å²) in [5.41, 5.74) is 0.876. The number of carboxylic acid groups (broad SMARTS) is 1. The summed E-state index contributed by atoms with van der Waals surface area (Å²) in [5.74, 6) is -1.94. The van der Waals surface area contributed by atoms with Gasteiger partial charge in [-0.05, 0) is 47.9 Å². The van der Waals surface area contributed by atoms with Crippen LogP contribution < -0.4 is 9.47 Å². The highest BCUT2D eigenvalue weighted by molar-refractivity contribution is 5.76. The minimum absolute atomic E-state index is 0.0818. The molecule has 0 heterocycles. The van der Waals surface area contributed by atoms with Gasteiger partial charge in [-0.15, -0.1) is 13.2 Å². The maximum atomic E-state index is 13.7. The van der Waals surface area contributed by atoms with Gasteiger partial charge in [0.1, 0.15) is 17.3 Å². The number of carbonyl (C=O) groups is 1. The lowest BCUT2D eigenvalue weighted by Crippen LogP contribution is -2.17. The molecule has 2 aromatic carbocycles. The molecule has 0 aliphatic carbocycles. The molecule has 0 saturated heterocycles. The molecule has 1 N–H and O–H groups in total. The van der Waals surface area contributed by atoms with Gasteiger partial charge in [0.25, 0.3) is 0 Å². The van der Waals surface area contributed by atoms with Crippen LogP contribution in [0, 0.1) is 5.82 Å². The van der Waals surface area contributed by atoms with E-state index in [1.165, 1.54) is 19.2 Å². The molecule has 4 nitrogen and oxygen atoms in total. The SMILES string of the molecule is COc1ccc(OC(F)(F)F)cc1-c1cc(F)ccc1CCC(=O)O. The molecule has 0 spiro atoms. The highest BCUT2D eigenvalue weighted by Crippen LogP contribution is 2.37. The molecule has 0 unspecified atom stereocenters. The van der Waals surface area contributed by atoms with Gasteiger partial charge in [-0.3, -0.25) is 4.79 Å². The third-order valence-corrected chi connectivity index (χ3v) is 3.37. The maximum absolute atomic E-state index is 13.7. The van der Waals surface area contributed by atoms with Crippen LogP contribution in [0.1, 0.15) is 12.0 Å². The van der Waals surface area contributed by atoms with Crippen LogP contribution in [0.25, 0.3) is 11.1 Å². The van der Waals surface area contributed by atoms with E-state index >= 15 is 0 Å². The Bertz CT molecular complexity index is 772. The van der Waals surface area contributed by atoms with Crippen molar-refractivity contribution in [2.45, 2.75) is 19.2 Å². The lowest BCUT2D eigenvalue weighted by molar-refractivity contribution is -0.274. The van der Waals surface area contributed by atoms with E-state index in [0.29, 0.717) is 5.56 Å². The van der Waals surface area contributed by atoms with Crippen molar-refractivity contribution in [2.24, 2.45) is 0 Å². The van der Waals surface area contributed by atoms with E-state index in [9.17, 15) is 22.4 Å². The van der Waals surface area contributed by atoms with Crippen LogP contribution in [0.5, 0.6) is 11.5 Å². The molecule has 0 aliphatic rings. The van der Waals surface area contributed by atoms with Gasteiger partial charge in [-0.1, -0.05) is 6.07 Å². The molecule has 8 heteroatoms. The molecule has 134 valence electrons. The highest BCUT2D eigenvalue weighted by Gasteiger charge is 2.31. The van der Waals surface area contributed by atoms with Crippen molar-refractivity contribution in [2.75, 3.05) is 7.11 Å². The Morgan fingerprint density at radius 1 is 1.12 bits per heavy atom. The fourth-order valence-electron chi connectivity index (χ4n) is 2.35. The first-order valence-electron chi connectivity index (χ1n) is 7.14. The number of rotatable bonds is 6. The number of hydrogen-bond acceptors (Lipinski definition) is 3. The largest absolute Gasteiger partial charge is 0.573 e. The molecule has 0 bridgehead atoms. The van der Waals surface area contributed by atoms with Gasteiger partial charge in [-0.25, -0.2) is 4.39 Å². The van der Waals surface area contributed by atoms with Gasteiger partial charge in [0.15, 0.2) is 0 Å². The lowest BCUT2D eigenvalue weighted by Gasteiger charge is -2.16. The summed E-state index contributed by atoms with van der Waals surface area (Å²) in [4.78, 5) is 10.8. The number of halogens is 4. The summed E-state index contributed by atoms with van der Waals surface area (Å²) in [7, 11) is 1.32. The number of alkyl halides is 3. The Balaban J connectivity index is 2.53. The van der Waals surface area contributed by atoms with Crippen LogP contribution in [0.4, 0.5) is 17.6 Å². The van der Waals surface area contributed by atoms with Crippen molar-refractivity contribution in [3.8, 4) is 22.6 Å². The number of benzene rings is 2. The van der Waals surface area contributed by atoms with Gasteiger partial charge in [0.05, 0.1) is 7.11 Å². The van der Waals surface area contributed by atoms with Gasteiger partial charge < -0.3 is 14.6 Å². The second-order valence-corrected chi connectivity index (χ2v) is 5.11. The van der Waals surface area contributed by atoms with Crippen molar-refractivity contribution in [3.05, 3.63) is 47.8 Å². The van der Waals surface area contributed by atoms with Gasteiger partial charge in [-0.2, -0.15) is 0 Å². The number of aliphatic carboxylic acids is 1. The second-order valence-electron chi connectivity index (χ2n) is 5.11. The first-order valence-corrected chi connectivity index (χ1v) is 7.14. The Labute approximate surface area is 140 Å². The minimum Gasteiger partial charge on any atom is -0.496 e.